The molecule has 1 aromatic rings. The van der Waals surface area contributed by atoms with E-state index in [-0.39, 0.29) is 5.78 Å². The van der Waals surface area contributed by atoms with Gasteiger partial charge in [-0.2, -0.15) is 0 Å². The first-order chi connectivity index (χ1) is 9.62. The largest absolute Gasteiger partial charge is 0.494 e. The first kappa shape index (κ1) is 16.7. The van der Waals surface area contributed by atoms with Gasteiger partial charge in [-0.05, 0) is 38.6 Å². The number of Topliss-reactive ketones (excluding diaryl/α,β-unsaturated/α-hetero) is 1. The zero-order chi connectivity index (χ0) is 15.0. The topological polar surface area (TPSA) is 38.8 Å². The number of ketones is 1. The molecule has 0 aliphatic rings. The molecule has 0 N–H and O–H groups in total. The molecular weight excluding hydrogens is 254 g/mol. The number of carbonyl (C=O) groups excluding carboxylic acids is 1. The lowest BCUT2D eigenvalue weighted by Crippen LogP contribution is -2.27. The molecule has 20 heavy (non-hydrogen) atoms. The summed E-state index contributed by atoms with van der Waals surface area (Å²) in [5, 5.41) is 0. The first-order valence-corrected chi connectivity index (χ1v) is 7.10. The summed E-state index contributed by atoms with van der Waals surface area (Å²) in [6.45, 7) is 9.54. The molecule has 112 valence electrons. The van der Waals surface area contributed by atoms with Crippen molar-refractivity contribution in [2.24, 2.45) is 0 Å². The van der Waals surface area contributed by atoms with E-state index in [1.807, 2.05) is 25.1 Å². The molecule has 0 unspecified atom stereocenters. The van der Waals surface area contributed by atoms with E-state index in [9.17, 15) is 4.79 Å². The van der Waals surface area contributed by atoms with Gasteiger partial charge in [0.15, 0.2) is 5.78 Å². The van der Waals surface area contributed by atoms with Crippen molar-refractivity contribution in [3.8, 4) is 5.75 Å². The SMILES string of the molecule is CCOc1ccc(C(C)=O)cc1CN(CC)CCOC. The maximum Gasteiger partial charge on any atom is 0.159 e. The molecule has 1 aromatic carbocycles. The number of benzene rings is 1. The molecule has 4 nitrogen and oxygen atoms in total. The van der Waals surface area contributed by atoms with Crippen molar-refractivity contribution in [1.29, 1.82) is 0 Å². The predicted octanol–water partition coefficient (Wildman–Crippen LogP) is 2.76. The van der Waals surface area contributed by atoms with E-state index in [0.29, 0.717) is 13.2 Å². The van der Waals surface area contributed by atoms with Gasteiger partial charge in [0, 0.05) is 31.3 Å². The summed E-state index contributed by atoms with van der Waals surface area (Å²) in [4.78, 5) is 13.8. The van der Waals surface area contributed by atoms with Gasteiger partial charge in [0.25, 0.3) is 0 Å². The molecule has 1 rings (SSSR count). The van der Waals surface area contributed by atoms with Crippen LogP contribution in [0, 0.1) is 0 Å². The summed E-state index contributed by atoms with van der Waals surface area (Å²) < 4.78 is 10.8. The van der Waals surface area contributed by atoms with E-state index in [1.54, 1.807) is 14.0 Å². The quantitative estimate of drug-likeness (QED) is 0.652. The lowest BCUT2D eigenvalue weighted by atomic mass is 10.1. The van der Waals surface area contributed by atoms with Crippen molar-refractivity contribution in [2.75, 3.05) is 33.4 Å². The van der Waals surface area contributed by atoms with Crippen LogP contribution < -0.4 is 4.74 Å². The Morgan fingerprint density at radius 1 is 1.30 bits per heavy atom. The average molecular weight is 279 g/mol. The zero-order valence-electron chi connectivity index (χ0n) is 12.9. The Labute approximate surface area is 121 Å². The molecule has 0 saturated carbocycles. The summed E-state index contributed by atoms with van der Waals surface area (Å²) in [6.07, 6.45) is 0. The minimum absolute atomic E-state index is 0.0780. The highest BCUT2D eigenvalue weighted by Gasteiger charge is 2.11. The fourth-order valence-corrected chi connectivity index (χ4v) is 2.03. The van der Waals surface area contributed by atoms with Crippen molar-refractivity contribution in [1.82, 2.24) is 4.90 Å². The Morgan fingerprint density at radius 2 is 2.05 bits per heavy atom. The van der Waals surface area contributed by atoms with Crippen LogP contribution in [0.1, 0.15) is 36.7 Å². The van der Waals surface area contributed by atoms with Crippen LogP contribution in [0.15, 0.2) is 18.2 Å². The Morgan fingerprint density at radius 3 is 2.60 bits per heavy atom. The van der Waals surface area contributed by atoms with Gasteiger partial charge in [0.05, 0.1) is 13.2 Å². The van der Waals surface area contributed by atoms with Crippen LogP contribution in [0.4, 0.5) is 0 Å². The first-order valence-electron chi connectivity index (χ1n) is 7.10. The highest BCUT2D eigenvalue weighted by Crippen LogP contribution is 2.22. The van der Waals surface area contributed by atoms with Gasteiger partial charge < -0.3 is 9.47 Å². The smallest absolute Gasteiger partial charge is 0.159 e. The lowest BCUT2D eigenvalue weighted by molar-refractivity contribution is 0.101. The summed E-state index contributed by atoms with van der Waals surface area (Å²) >= 11 is 0. The monoisotopic (exact) mass is 279 g/mol. The second-order valence-electron chi connectivity index (χ2n) is 4.67. The molecule has 0 radical (unpaired) electrons. The number of nitrogens with zero attached hydrogens (tertiary/aromatic N) is 1. The maximum atomic E-state index is 11.5. The molecule has 4 heteroatoms. The highest BCUT2D eigenvalue weighted by atomic mass is 16.5. The number of methoxy groups -OCH3 is 1. The Hall–Kier alpha value is -1.39. The average Bonchev–Trinajstić information content (AvgIpc) is 2.44. The molecule has 0 bridgehead atoms. The fourth-order valence-electron chi connectivity index (χ4n) is 2.03. The molecule has 0 fully saturated rings. The van der Waals surface area contributed by atoms with E-state index in [1.165, 1.54) is 0 Å². The van der Waals surface area contributed by atoms with Crippen LogP contribution in [-0.2, 0) is 11.3 Å². The van der Waals surface area contributed by atoms with Crippen LogP contribution in [0.25, 0.3) is 0 Å². The van der Waals surface area contributed by atoms with Crippen molar-refractivity contribution in [3.05, 3.63) is 29.3 Å². The van der Waals surface area contributed by atoms with Crippen LogP contribution >= 0.6 is 0 Å². The molecule has 0 saturated heterocycles. The van der Waals surface area contributed by atoms with Gasteiger partial charge >= 0.3 is 0 Å². The molecule has 0 aliphatic carbocycles. The Kier molecular flexibility index (Phi) is 7.26. The highest BCUT2D eigenvalue weighted by molar-refractivity contribution is 5.94. The molecule has 0 amide bonds. The number of hydrogen-bond acceptors (Lipinski definition) is 4. The van der Waals surface area contributed by atoms with Gasteiger partial charge in [-0.15, -0.1) is 0 Å². The third-order valence-electron chi connectivity index (χ3n) is 3.22. The second kappa shape index (κ2) is 8.72. The number of ether oxygens (including phenoxy) is 2. The Bertz CT molecular complexity index is 432. The van der Waals surface area contributed by atoms with Crippen LogP contribution in [-0.4, -0.2) is 44.1 Å². The minimum Gasteiger partial charge on any atom is -0.494 e. The van der Waals surface area contributed by atoms with Crippen molar-refractivity contribution in [3.63, 3.8) is 0 Å². The van der Waals surface area contributed by atoms with E-state index < -0.39 is 0 Å². The van der Waals surface area contributed by atoms with E-state index in [0.717, 1.165) is 36.5 Å². The molecule has 0 aliphatic heterocycles. The number of carbonyl (C=O) groups is 1. The summed E-state index contributed by atoms with van der Waals surface area (Å²) in [6, 6.07) is 5.64. The van der Waals surface area contributed by atoms with Gasteiger partial charge in [-0.3, -0.25) is 9.69 Å². The number of hydrogen-bond donors (Lipinski definition) is 0. The van der Waals surface area contributed by atoms with E-state index in [4.69, 9.17) is 9.47 Å². The normalized spacial score (nSPS) is 10.8. The van der Waals surface area contributed by atoms with Crippen LogP contribution in [0.5, 0.6) is 5.75 Å². The molecule has 0 aromatic heterocycles. The number of rotatable bonds is 9. The van der Waals surface area contributed by atoms with E-state index in [2.05, 4.69) is 11.8 Å². The predicted molar refractivity (Wildman–Crippen MR) is 80.4 cm³/mol. The molecule has 0 spiro atoms. The standard InChI is InChI=1S/C16H25NO3/c1-5-17(9-10-19-4)12-15-11-14(13(3)18)7-8-16(15)20-6-2/h7-8,11H,5-6,9-10,12H2,1-4H3. The van der Waals surface area contributed by atoms with Gasteiger partial charge in [0.1, 0.15) is 5.75 Å². The summed E-state index contributed by atoms with van der Waals surface area (Å²) in [5.74, 6) is 0.933. The molecule has 0 atom stereocenters. The van der Waals surface area contributed by atoms with Crippen molar-refractivity contribution in [2.45, 2.75) is 27.3 Å². The summed E-state index contributed by atoms with van der Waals surface area (Å²) in [7, 11) is 1.70. The second-order valence-corrected chi connectivity index (χ2v) is 4.67. The molecule has 0 heterocycles. The van der Waals surface area contributed by atoms with Crippen LogP contribution in [0.3, 0.4) is 0 Å². The fraction of sp³-hybridized carbons (Fsp3) is 0.562. The third-order valence-corrected chi connectivity index (χ3v) is 3.22. The van der Waals surface area contributed by atoms with Crippen LogP contribution in [0.2, 0.25) is 0 Å². The molecular formula is C16H25NO3. The minimum atomic E-state index is 0.0780. The maximum absolute atomic E-state index is 11.5. The number of likely N-dealkylation sites (N-methyl/N-ethyl adjacent to an activating group) is 1. The lowest BCUT2D eigenvalue weighted by Gasteiger charge is -2.22. The van der Waals surface area contributed by atoms with Crippen molar-refractivity contribution < 1.29 is 14.3 Å². The zero-order valence-corrected chi connectivity index (χ0v) is 12.9. The Balaban J connectivity index is 2.92. The van der Waals surface area contributed by atoms with Gasteiger partial charge in [-0.1, -0.05) is 6.92 Å². The van der Waals surface area contributed by atoms with Gasteiger partial charge in [0.2, 0.25) is 0 Å². The van der Waals surface area contributed by atoms with Crippen molar-refractivity contribution >= 4 is 5.78 Å². The third kappa shape index (κ3) is 4.94. The summed E-state index contributed by atoms with van der Waals surface area (Å²) in [5.41, 5.74) is 1.78. The van der Waals surface area contributed by atoms with E-state index >= 15 is 0 Å². The van der Waals surface area contributed by atoms with Gasteiger partial charge in [-0.25, -0.2) is 0 Å².